The summed E-state index contributed by atoms with van der Waals surface area (Å²) in [6.07, 6.45) is 8.46. The van der Waals surface area contributed by atoms with Gasteiger partial charge in [-0.2, -0.15) is 23.1 Å². The van der Waals surface area contributed by atoms with Crippen molar-refractivity contribution < 1.29 is 31.4 Å². The number of fused-ring (bicyclic) bond motifs is 4. The average molecular weight is 771 g/mol. The summed E-state index contributed by atoms with van der Waals surface area (Å²) in [7, 11) is 0. The van der Waals surface area contributed by atoms with E-state index in [-0.39, 0.29) is 65.5 Å². The Balaban J connectivity index is 1.07. The van der Waals surface area contributed by atoms with Crippen molar-refractivity contribution in [3.8, 4) is 35.5 Å². The summed E-state index contributed by atoms with van der Waals surface area (Å²) >= 11 is 0. The Morgan fingerprint density at radius 3 is 2.66 bits per heavy atom. The highest BCUT2D eigenvalue weighted by atomic mass is 19.4. The van der Waals surface area contributed by atoms with Crippen molar-refractivity contribution in [1.82, 2.24) is 35.1 Å². The summed E-state index contributed by atoms with van der Waals surface area (Å²) in [6, 6.07) is 8.54. The minimum atomic E-state index is -4.58. The number of alkyl halides is 3. The molecule has 4 atom stereocenters. The molecule has 4 aliphatic heterocycles. The van der Waals surface area contributed by atoms with Gasteiger partial charge in [-0.3, -0.25) is 4.90 Å². The van der Waals surface area contributed by atoms with Crippen molar-refractivity contribution in [3.05, 3.63) is 71.3 Å². The summed E-state index contributed by atoms with van der Waals surface area (Å²) in [5.74, 6) is 1.84. The zero-order valence-electron chi connectivity index (χ0n) is 30.7. The highest BCUT2D eigenvalue weighted by Gasteiger charge is 2.50. The first-order valence-corrected chi connectivity index (χ1v) is 19.0. The molecular formula is C41H39F5N8O2. The van der Waals surface area contributed by atoms with E-state index in [0.717, 1.165) is 57.8 Å². The lowest BCUT2D eigenvalue weighted by Gasteiger charge is -2.43. The third-order valence-electron chi connectivity index (χ3n) is 12.0. The number of pyridine rings is 1. The second kappa shape index (κ2) is 14.1. The van der Waals surface area contributed by atoms with Crippen molar-refractivity contribution in [2.45, 2.75) is 81.7 Å². The van der Waals surface area contributed by atoms with Crippen LogP contribution in [0.5, 0.6) is 11.9 Å². The van der Waals surface area contributed by atoms with E-state index >= 15 is 8.78 Å². The molecule has 56 heavy (non-hydrogen) atoms. The van der Waals surface area contributed by atoms with Crippen LogP contribution in [0.3, 0.4) is 0 Å². The van der Waals surface area contributed by atoms with E-state index in [9.17, 15) is 13.2 Å². The number of terminal acetylenes is 1. The topological polar surface area (TPSA) is 101 Å². The molecular weight excluding hydrogens is 731 g/mol. The first-order valence-electron chi connectivity index (χ1n) is 19.0. The molecule has 3 fully saturated rings. The van der Waals surface area contributed by atoms with Crippen LogP contribution >= 0.6 is 0 Å². The molecule has 9 rings (SSSR count). The maximum atomic E-state index is 17.3. The van der Waals surface area contributed by atoms with Gasteiger partial charge in [0.1, 0.15) is 36.1 Å². The zero-order chi connectivity index (χ0) is 38.8. The van der Waals surface area contributed by atoms with Crippen LogP contribution in [0.4, 0.5) is 27.8 Å². The van der Waals surface area contributed by atoms with Gasteiger partial charge in [0.25, 0.3) is 0 Å². The fourth-order valence-electron chi connectivity index (χ4n) is 9.37. The molecule has 5 aromatic rings. The van der Waals surface area contributed by atoms with Gasteiger partial charge in [-0.25, -0.2) is 23.7 Å². The quantitative estimate of drug-likeness (QED) is 0.140. The number of nitrogens with one attached hydrogen (secondary N) is 1. The summed E-state index contributed by atoms with van der Waals surface area (Å²) < 4.78 is 83.6. The molecule has 0 radical (unpaired) electrons. The van der Waals surface area contributed by atoms with E-state index in [1.165, 1.54) is 6.07 Å². The van der Waals surface area contributed by atoms with Crippen molar-refractivity contribution in [1.29, 1.82) is 0 Å². The van der Waals surface area contributed by atoms with Crippen LogP contribution in [-0.2, 0) is 12.6 Å². The predicted octanol–water partition coefficient (Wildman–Crippen LogP) is 6.87. The monoisotopic (exact) mass is 770 g/mol. The molecule has 0 bridgehead atoms. The second-order valence-electron chi connectivity index (χ2n) is 15.2. The number of aryl methyl sites for hydroxylation is 1. The lowest BCUT2D eigenvalue weighted by molar-refractivity contribution is -0.141. The Hall–Kier alpha value is -5.20. The van der Waals surface area contributed by atoms with Crippen LogP contribution in [0.25, 0.3) is 32.9 Å². The van der Waals surface area contributed by atoms with Crippen molar-refractivity contribution in [3.63, 3.8) is 0 Å². The smallest absolute Gasteiger partial charge is 0.434 e. The molecule has 10 nitrogen and oxygen atoms in total. The van der Waals surface area contributed by atoms with E-state index in [0.29, 0.717) is 52.4 Å². The van der Waals surface area contributed by atoms with Crippen molar-refractivity contribution in [2.24, 2.45) is 0 Å². The minimum absolute atomic E-state index is 0.0219. The summed E-state index contributed by atoms with van der Waals surface area (Å²) in [5.41, 5.74) is -0.227. The molecule has 3 saturated heterocycles. The lowest BCUT2D eigenvalue weighted by atomic mass is 9.93. The minimum Gasteiger partial charge on any atom is -0.475 e. The molecule has 0 amide bonds. The molecule has 0 spiro atoms. The molecule has 2 aromatic carbocycles. The third kappa shape index (κ3) is 6.23. The number of benzene rings is 2. The molecule has 4 aliphatic rings. The highest BCUT2D eigenvalue weighted by molar-refractivity contribution is 6.02. The fourth-order valence-corrected chi connectivity index (χ4v) is 9.37. The SMILES string of the molecule is C#Cc1c(F)ccc2cccc(-c3nc4c5c(nc(OC[C@@]67CCCN6[C@H](COc6cnc(C(F)(F)F)cn6)CC7)nc5c3F)N3CCN[C@@H](C)[C@H]3CCC4)c12. The van der Waals surface area contributed by atoms with Gasteiger partial charge in [0.05, 0.1) is 34.6 Å². The van der Waals surface area contributed by atoms with E-state index in [4.69, 9.17) is 30.8 Å². The Morgan fingerprint density at radius 1 is 0.982 bits per heavy atom. The van der Waals surface area contributed by atoms with Crippen molar-refractivity contribution >= 4 is 27.5 Å². The van der Waals surface area contributed by atoms with Gasteiger partial charge < -0.3 is 19.7 Å². The number of anilines is 1. The van der Waals surface area contributed by atoms with Crippen LogP contribution < -0.4 is 19.7 Å². The first-order chi connectivity index (χ1) is 27.0. The van der Waals surface area contributed by atoms with Gasteiger partial charge >= 0.3 is 12.2 Å². The molecule has 290 valence electrons. The Bertz CT molecular complexity index is 2370. The number of ether oxygens (including phenoxy) is 2. The summed E-state index contributed by atoms with van der Waals surface area (Å²) in [6.45, 7) is 4.79. The Morgan fingerprint density at radius 2 is 1.86 bits per heavy atom. The van der Waals surface area contributed by atoms with Crippen LogP contribution in [0, 0.1) is 24.0 Å². The van der Waals surface area contributed by atoms with Gasteiger partial charge in [-0.05, 0) is 69.9 Å². The summed E-state index contributed by atoms with van der Waals surface area (Å²) in [4.78, 5) is 26.6. The van der Waals surface area contributed by atoms with Crippen molar-refractivity contribution in [2.75, 3.05) is 37.7 Å². The number of nitrogens with zero attached hydrogens (tertiary/aromatic N) is 7. The zero-order valence-corrected chi connectivity index (χ0v) is 30.7. The Labute approximate surface area is 319 Å². The predicted molar refractivity (Wildman–Crippen MR) is 199 cm³/mol. The highest BCUT2D eigenvalue weighted by Crippen LogP contribution is 2.44. The van der Waals surface area contributed by atoms with Crippen LogP contribution in [0.2, 0.25) is 0 Å². The van der Waals surface area contributed by atoms with Gasteiger partial charge in [-0.1, -0.05) is 30.2 Å². The van der Waals surface area contributed by atoms with E-state index in [1.54, 1.807) is 18.2 Å². The molecule has 0 unspecified atom stereocenters. The van der Waals surface area contributed by atoms with Gasteiger partial charge in [0.2, 0.25) is 5.88 Å². The normalized spacial score (nSPS) is 23.7. The maximum Gasteiger partial charge on any atom is 0.434 e. The number of hydrogen-bond donors (Lipinski definition) is 1. The Kier molecular flexibility index (Phi) is 9.16. The van der Waals surface area contributed by atoms with E-state index in [1.807, 2.05) is 6.07 Å². The number of halogens is 5. The van der Waals surface area contributed by atoms with E-state index < -0.39 is 23.5 Å². The number of hydrogen-bond acceptors (Lipinski definition) is 10. The van der Waals surface area contributed by atoms with Gasteiger partial charge in [0.15, 0.2) is 11.5 Å². The molecule has 0 aliphatic carbocycles. The fraction of sp³-hybridized carbons (Fsp3) is 0.439. The first kappa shape index (κ1) is 36.4. The number of piperazine rings is 1. The summed E-state index contributed by atoms with van der Waals surface area (Å²) in [5, 5.41) is 5.19. The largest absolute Gasteiger partial charge is 0.475 e. The van der Waals surface area contributed by atoms with Crippen LogP contribution in [-0.4, -0.2) is 86.3 Å². The molecule has 15 heteroatoms. The van der Waals surface area contributed by atoms with Crippen LogP contribution in [0.1, 0.15) is 62.4 Å². The average Bonchev–Trinajstić information content (AvgIpc) is 3.76. The standard InChI is InChI=1S/C41H39F5N8O2/c1-3-26-28(42)12-11-24-7-4-8-27(33(24)26)36-35(43)37-34-29(50-36)9-5-10-30-23(2)47-16-18-53(30)38(34)52-39(51-37)56-22-40-14-6-17-54(40)25(13-15-40)21-55-32-20-48-31(19-49-32)41(44,45)46/h1,4,7-8,11-12,19-20,23,25,30,47H,5-6,9-10,13-18,21-22H2,2H3/t23-,25-,30+,40-/m0/s1. The van der Waals surface area contributed by atoms with Gasteiger partial charge in [-0.15, -0.1) is 6.42 Å². The molecule has 0 saturated carbocycles. The number of rotatable bonds is 7. The van der Waals surface area contributed by atoms with E-state index in [2.05, 4.69) is 37.9 Å². The molecule has 1 N–H and O–H groups in total. The van der Waals surface area contributed by atoms with Gasteiger partial charge in [0, 0.05) is 42.2 Å². The molecule has 3 aromatic heterocycles. The number of aromatic nitrogens is 5. The second-order valence-corrected chi connectivity index (χ2v) is 15.2. The third-order valence-corrected chi connectivity index (χ3v) is 12.0. The maximum absolute atomic E-state index is 17.3. The van der Waals surface area contributed by atoms with Crippen LogP contribution in [0.15, 0.2) is 42.7 Å². The molecule has 7 heterocycles. The lowest BCUT2D eigenvalue weighted by Crippen LogP contribution is -2.57.